The average molecular weight is 570 g/mol. The van der Waals surface area contributed by atoms with Crippen molar-refractivity contribution in [3.05, 3.63) is 75.9 Å². The Hall–Kier alpha value is -4.07. The molecule has 4 aromatic rings. The van der Waals surface area contributed by atoms with Crippen molar-refractivity contribution in [2.45, 2.75) is 30.7 Å². The van der Waals surface area contributed by atoms with Crippen LogP contribution in [0.25, 0.3) is 10.9 Å². The lowest BCUT2D eigenvalue weighted by molar-refractivity contribution is 0.0689. The number of rotatable bonds is 10. The fourth-order valence-electron chi connectivity index (χ4n) is 4.07. The first kappa shape index (κ1) is 28.0. The number of fused-ring (bicyclic) bond motifs is 1. The van der Waals surface area contributed by atoms with Crippen LogP contribution in [0.2, 0.25) is 0 Å². The third-order valence-electron chi connectivity index (χ3n) is 6.13. The van der Waals surface area contributed by atoms with Crippen LogP contribution in [0.3, 0.4) is 0 Å². The Morgan fingerprint density at radius 1 is 1.13 bits per heavy atom. The first-order valence-electron chi connectivity index (χ1n) is 11.9. The quantitative estimate of drug-likeness (QED) is 0.192. The third-order valence-corrected chi connectivity index (χ3v) is 8.01. The molecule has 1 unspecified atom stereocenters. The molecule has 0 aliphatic rings. The number of aromatic carboxylic acids is 1. The summed E-state index contributed by atoms with van der Waals surface area (Å²) in [7, 11) is -3.32. The zero-order chi connectivity index (χ0) is 28.3. The fraction of sp³-hybridized carbons (Fsp3) is 0.231. The van der Waals surface area contributed by atoms with Gasteiger partial charge in [0.15, 0.2) is 15.0 Å². The summed E-state index contributed by atoms with van der Waals surface area (Å²) in [5.41, 5.74) is 8.01. The topological polar surface area (TPSA) is 184 Å². The van der Waals surface area contributed by atoms with Gasteiger partial charge in [0.2, 0.25) is 0 Å². The number of amides is 2. The maximum atomic E-state index is 12.9. The number of aromatic nitrogens is 2. The van der Waals surface area contributed by atoms with E-state index in [0.717, 1.165) is 23.2 Å². The number of carbonyl (C=O) groups is 3. The molecule has 13 heteroatoms. The van der Waals surface area contributed by atoms with Crippen molar-refractivity contribution in [3.8, 4) is 0 Å². The molecule has 0 radical (unpaired) electrons. The zero-order valence-electron chi connectivity index (χ0n) is 21.1. The molecule has 1 atom stereocenters. The number of nitrogens with two attached hydrogens (primary N) is 1. The number of hydrogen-bond donors (Lipinski definition) is 5. The number of anilines is 1. The van der Waals surface area contributed by atoms with Gasteiger partial charge in [-0.25, -0.2) is 18.2 Å². The summed E-state index contributed by atoms with van der Waals surface area (Å²) in [5.74, 6) is -2.00. The molecule has 0 fully saturated rings. The van der Waals surface area contributed by atoms with E-state index in [1.807, 2.05) is 0 Å². The highest BCUT2D eigenvalue weighted by molar-refractivity contribution is 7.90. The second-order valence-corrected chi connectivity index (χ2v) is 11.8. The van der Waals surface area contributed by atoms with Gasteiger partial charge in [-0.3, -0.25) is 14.9 Å². The second-order valence-electron chi connectivity index (χ2n) is 8.96. The number of sulfone groups is 1. The number of carbonyl (C=O) groups excluding carboxylic acids is 2. The number of aryl methyl sites for hydroxylation is 1. The second kappa shape index (κ2) is 11.4. The van der Waals surface area contributed by atoms with Gasteiger partial charge >= 0.3 is 5.97 Å². The van der Waals surface area contributed by atoms with Crippen LogP contribution in [0.15, 0.2) is 52.7 Å². The largest absolute Gasteiger partial charge is 0.477 e. The Labute approximate surface area is 228 Å². The van der Waals surface area contributed by atoms with E-state index in [2.05, 4.69) is 20.6 Å². The summed E-state index contributed by atoms with van der Waals surface area (Å²) >= 11 is 1.09. The number of nitrogens with one attached hydrogen (secondary N) is 3. The number of hydrogen-bond acceptors (Lipinski definition) is 8. The predicted molar refractivity (Wildman–Crippen MR) is 148 cm³/mol. The van der Waals surface area contributed by atoms with Crippen molar-refractivity contribution in [2.75, 3.05) is 18.1 Å². The van der Waals surface area contributed by atoms with Crippen molar-refractivity contribution in [2.24, 2.45) is 5.73 Å². The predicted octanol–water partition coefficient (Wildman–Crippen LogP) is 3.36. The van der Waals surface area contributed by atoms with Gasteiger partial charge in [0, 0.05) is 28.1 Å². The van der Waals surface area contributed by atoms with Crippen LogP contribution in [0.1, 0.15) is 61.8 Å². The summed E-state index contributed by atoms with van der Waals surface area (Å²) in [6.45, 7) is 2.16. The molecule has 0 aliphatic heterocycles. The van der Waals surface area contributed by atoms with Crippen LogP contribution in [-0.4, -0.2) is 54.1 Å². The average Bonchev–Trinajstić information content (AvgIpc) is 3.51. The number of thiazole rings is 1. The fourth-order valence-corrected chi connectivity index (χ4v) is 5.39. The minimum atomic E-state index is -3.32. The molecule has 11 nitrogen and oxygen atoms in total. The Morgan fingerprint density at radius 3 is 2.49 bits per heavy atom. The highest BCUT2D eigenvalue weighted by Crippen LogP contribution is 2.26. The zero-order valence-corrected chi connectivity index (χ0v) is 22.8. The third kappa shape index (κ3) is 6.33. The van der Waals surface area contributed by atoms with Gasteiger partial charge in [-0.1, -0.05) is 12.1 Å². The Kier molecular flexibility index (Phi) is 8.14. The number of carboxylic acid groups (broad SMARTS) is 1. The molecule has 2 aromatic heterocycles. The van der Waals surface area contributed by atoms with E-state index in [9.17, 15) is 27.9 Å². The summed E-state index contributed by atoms with van der Waals surface area (Å²) in [4.78, 5) is 44.6. The Balaban J connectivity index is 1.45. The Bertz CT molecular complexity index is 1660. The van der Waals surface area contributed by atoms with Crippen LogP contribution in [0.5, 0.6) is 0 Å². The molecule has 0 bridgehead atoms. The highest BCUT2D eigenvalue weighted by atomic mass is 32.2. The molecule has 0 spiro atoms. The molecule has 2 aromatic carbocycles. The van der Waals surface area contributed by atoms with Crippen molar-refractivity contribution in [3.63, 3.8) is 0 Å². The molecule has 39 heavy (non-hydrogen) atoms. The molecule has 6 N–H and O–H groups in total. The number of aromatic amines is 1. The molecule has 2 heterocycles. The molecule has 0 aliphatic carbocycles. The number of H-pyrrole nitrogens is 1. The standard InChI is InChI=1S/C26H27N5O6S2/c1-14(15-5-8-17(9-6-15)39(2,36)37)28-24(33)21-13-38-26(30-21)31-23(32)16-7-10-20-19(12-16)18(4-3-11-27)22(29-20)25(34)35/h5-10,12-14,29H,3-4,11,27H2,1-2H3,(H,28,33)(H,34,35)(H,30,31,32). The van der Waals surface area contributed by atoms with Crippen molar-refractivity contribution < 1.29 is 27.9 Å². The molecule has 0 saturated heterocycles. The molecule has 0 saturated carbocycles. The maximum absolute atomic E-state index is 12.9. The van der Waals surface area contributed by atoms with Crippen molar-refractivity contribution in [1.29, 1.82) is 0 Å². The lowest BCUT2D eigenvalue weighted by atomic mass is 10.0. The van der Waals surface area contributed by atoms with Crippen molar-refractivity contribution >= 4 is 55.0 Å². The van der Waals surface area contributed by atoms with E-state index in [1.54, 1.807) is 37.3 Å². The molecule has 2 amide bonds. The minimum absolute atomic E-state index is 0.0761. The van der Waals surface area contributed by atoms with E-state index in [4.69, 9.17) is 5.73 Å². The highest BCUT2D eigenvalue weighted by Gasteiger charge is 2.20. The first-order chi connectivity index (χ1) is 18.5. The SMILES string of the molecule is CC(NC(=O)c1csc(NC(=O)c2ccc3[nH]c(C(=O)O)c(CCCN)c3c2)n1)c1ccc(S(C)(=O)=O)cc1. The smallest absolute Gasteiger partial charge is 0.352 e. The van der Waals surface area contributed by atoms with Gasteiger partial charge in [-0.15, -0.1) is 11.3 Å². The van der Waals surface area contributed by atoms with E-state index >= 15 is 0 Å². The van der Waals surface area contributed by atoms with Crippen molar-refractivity contribution in [1.82, 2.24) is 15.3 Å². The lowest BCUT2D eigenvalue weighted by Crippen LogP contribution is -2.27. The lowest BCUT2D eigenvalue weighted by Gasteiger charge is -2.14. The van der Waals surface area contributed by atoms with Gasteiger partial charge < -0.3 is 21.1 Å². The number of benzene rings is 2. The van der Waals surface area contributed by atoms with Gasteiger partial charge in [-0.05, 0) is 67.8 Å². The monoisotopic (exact) mass is 569 g/mol. The first-order valence-corrected chi connectivity index (χ1v) is 14.7. The van der Waals surface area contributed by atoms with Crippen LogP contribution >= 0.6 is 11.3 Å². The molecule has 204 valence electrons. The molecular formula is C26H27N5O6S2. The molecular weight excluding hydrogens is 542 g/mol. The summed E-state index contributed by atoms with van der Waals surface area (Å²) in [6.07, 6.45) is 2.17. The van der Waals surface area contributed by atoms with Gasteiger partial charge in [0.1, 0.15) is 11.4 Å². The normalized spacial score (nSPS) is 12.3. The van der Waals surface area contributed by atoms with E-state index in [1.165, 1.54) is 17.5 Å². The van der Waals surface area contributed by atoms with Crippen LogP contribution in [0, 0.1) is 0 Å². The van der Waals surface area contributed by atoms with E-state index in [-0.39, 0.29) is 21.4 Å². The van der Waals surface area contributed by atoms with Crippen LogP contribution in [-0.2, 0) is 16.3 Å². The number of nitrogens with zero attached hydrogens (tertiary/aromatic N) is 1. The molecule has 4 rings (SSSR count). The van der Waals surface area contributed by atoms with Gasteiger partial charge in [0.25, 0.3) is 11.8 Å². The summed E-state index contributed by atoms with van der Waals surface area (Å²) < 4.78 is 23.3. The van der Waals surface area contributed by atoms with E-state index < -0.39 is 33.7 Å². The maximum Gasteiger partial charge on any atom is 0.352 e. The number of carboxylic acids is 1. The van der Waals surface area contributed by atoms with Crippen LogP contribution < -0.4 is 16.4 Å². The van der Waals surface area contributed by atoms with E-state index in [0.29, 0.717) is 41.4 Å². The summed E-state index contributed by atoms with van der Waals surface area (Å²) in [5, 5.41) is 17.4. The van der Waals surface area contributed by atoms with Gasteiger partial charge in [0.05, 0.1) is 10.9 Å². The summed E-state index contributed by atoms with van der Waals surface area (Å²) in [6, 6.07) is 10.7. The minimum Gasteiger partial charge on any atom is -0.477 e. The Morgan fingerprint density at radius 2 is 1.85 bits per heavy atom. The van der Waals surface area contributed by atoms with Gasteiger partial charge in [-0.2, -0.15) is 0 Å². The van der Waals surface area contributed by atoms with Crippen LogP contribution in [0.4, 0.5) is 5.13 Å².